The summed E-state index contributed by atoms with van der Waals surface area (Å²) < 4.78 is 33.3. The fourth-order valence-corrected chi connectivity index (χ4v) is 7.42. The number of carboxylic acids is 2. The number of hydrogen-bond donors (Lipinski definition) is 8. The number of hydrogen-bond acceptors (Lipinski definition) is 20. The van der Waals surface area contributed by atoms with Crippen molar-refractivity contribution >= 4 is 49.2 Å². The molecule has 1 aromatic heterocycles. The number of aliphatic hydroxyl groups is 5. The van der Waals surface area contributed by atoms with Crippen LogP contribution >= 0.6 is 7.82 Å². The molecule has 0 bridgehead atoms. The Bertz CT molecular complexity index is 1810. The number of aromatic amines is 1. The summed E-state index contributed by atoms with van der Waals surface area (Å²) in [5.74, 6) is -3.32. The second-order valence-corrected chi connectivity index (χ2v) is 14.5. The molecule has 3 aliphatic heterocycles. The van der Waals surface area contributed by atoms with Crippen molar-refractivity contribution in [2.24, 2.45) is 0 Å². The maximum absolute atomic E-state index is 12.8. The Morgan fingerprint density at radius 1 is 1.13 bits per heavy atom. The third kappa shape index (κ3) is 9.24. The summed E-state index contributed by atoms with van der Waals surface area (Å²) in [7, 11) is -5.42. The van der Waals surface area contributed by atoms with Crippen molar-refractivity contribution in [3.8, 4) is 0 Å². The highest BCUT2D eigenvalue weighted by atomic mass is 31.2. The molecule has 298 valence electrons. The maximum Gasteiger partial charge on any atom is 0.301 e. The van der Waals surface area contributed by atoms with E-state index in [-0.39, 0.29) is 36.1 Å². The number of aromatic nitrogens is 2. The van der Waals surface area contributed by atoms with Crippen LogP contribution in [0.4, 0.5) is 23.1 Å². The normalized spacial score (nSPS) is 28.2. The van der Waals surface area contributed by atoms with E-state index in [9.17, 15) is 59.6 Å². The fourth-order valence-electron chi connectivity index (χ4n) is 6.52. The van der Waals surface area contributed by atoms with E-state index in [4.69, 9.17) is 15.2 Å². The Kier molecular flexibility index (Phi) is 12.8. The van der Waals surface area contributed by atoms with Gasteiger partial charge in [0, 0.05) is 12.4 Å². The minimum atomic E-state index is -5.42. The average Bonchev–Trinajstić information content (AvgIpc) is 3.58. The van der Waals surface area contributed by atoms with Crippen LogP contribution in [-0.4, -0.2) is 139 Å². The molecule has 1 aromatic carbocycles. The summed E-state index contributed by atoms with van der Waals surface area (Å²) in [6.45, 7) is 2.28. The monoisotopic (exact) mass is 784 g/mol. The molecule has 0 amide bonds. The zero-order valence-electron chi connectivity index (χ0n) is 28.9. The molecule has 1 fully saturated rings. The molecule has 0 saturated carbocycles. The predicted octanol–water partition coefficient (Wildman–Crippen LogP) is -5.65. The number of phosphoric ester groups is 1. The summed E-state index contributed by atoms with van der Waals surface area (Å²) in [6.07, 6.45) is -13.9. The van der Waals surface area contributed by atoms with Gasteiger partial charge >= 0.3 is 5.56 Å². The number of nitrogens with one attached hydrogen (secondary N) is 2. The predicted molar refractivity (Wildman–Crippen MR) is 177 cm³/mol. The van der Waals surface area contributed by atoms with Crippen molar-refractivity contribution in [1.29, 1.82) is 0 Å². The minimum Gasteiger partial charge on any atom is -0.756 e. The number of nitrogens with zero attached hydrogens (tertiary/aromatic N) is 3. The number of carbonyl (C=O) groups is 2. The number of ether oxygens (including phenoxy) is 2. The van der Waals surface area contributed by atoms with Crippen LogP contribution in [0, 0.1) is 0 Å². The minimum absolute atomic E-state index is 0.00270. The standard InChI is InChI=1S/C31H43N6O16P/c1-13-22-14(2)36(12-37(22)23-27(33-13)34-31(32)35-28(23)45)16-5-3-15(4-6-16)9-17(38)24(42)18(39)10-50-30-26(44)25(43)20(52-30)11-51-54(48,49)53-19(29(46)47)7-8-21(40)41/h3-6,12-14,17-20,22,24-26,30,38-39,42-44H,7-11H2,1-2H3,(H6-,32,33,34,35,40,41,45,46,47,48,49)/p-2/t13-,14+,17-,18+,19-,20+,22+,24-,25+,26+,30-/m0/s1. The van der Waals surface area contributed by atoms with Gasteiger partial charge in [-0.1, -0.05) is 12.1 Å². The molecular formula is C31H41N6O16P-2. The largest absolute Gasteiger partial charge is 0.756 e. The topological polar surface area (TPSA) is 349 Å². The van der Waals surface area contributed by atoms with Gasteiger partial charge in [0.15, 0.2) is 18.1 Å². The molecule has 23 heteroatoms. The number of nitrogens with two attached hydrogens (primary N) is 1. The van der Waals surface area contributed by atoms with E-state index in [1.807, 2.05) is 29.7 Å². The van der Waals surface area contributed by atoms with Gasteiger partial charge in [0.1, 0.15) is 48.4 Å². The lowest BCUT2D eigenvalue weighted by Crippen LogP contribution is -2.49. The number of H-pyrrole nitrogens is 1. The zero-order chi connectivity index (χ0) is 39.6. The SMILES string of the molecule is C[C@@H]1Nc2nc(N)[nH]c(=O)c2[N+]2=CN(c3ccc(C[C@H](O)[C@H](O)[C@H](O)CO[C@H]4O[C@H](COP(=O)([O-])O[C@@H](CCC(=O)[O-])C(=O)[O-])[C@@H](O)[C@H]4O)cc3)[C@H](C)[C@@H]12. The lowest BCUT2D eigenvalue weighted by atomic mass is 9.98. The van der Waals surface area contributed by atoms with E-state index in [0.29, 0.717) is 17.1 Å². The first-order chi connectivity index (χ1) is 25.4. The highest BCUT2D eigenvalue weighted by Gasteiger charge is 2.49. The van der Waals surface area contributed by atoms with Crippen LogP contribution in [0.15, 0.2) is 29.1 Å². The number of nitrogen functional groups attached to an aromatic ring is 1. The summed E-state index contributed by atoms with van der Waals surface area (Å²) in [4.78, 5) is 55.3. The van der Waals surface area contributed by atoms with E-state index in [1.54, 1.807) is 24.3 Å². The molecule has 12 atom stereocenters. The number of aliphatic hydroxyl groups excluding tert-OH is 5. The van der Waals surface area contributed by atoms with Crippen LogP contribution in [0.1, 0.15) is 32.3 Å². The number of rotatable bonds is 17. The molecule has 5 rings (SSSR count). The lowest BCUT2D eigenvalue weighted by molar-refractivity contribution is -0.479. The Morgan fingerprint density at radius 2 is 1.81 bits per heavy atom. The van der Waals surface area contributed by atoms with Gasteiger partial charge in [-0.2, -0.15) is 4.98 Å². The molecule has 54 heavy (non-hydrogen) atoms. The average molecular weight is 785 g/mol. The highest BCUT2D eigenvalue weighted by molar-refractivity contribution is 7.45. The number of phosphoric acid groups is 1. The van der Waals surface area contributed by atoms with Gasteiger partial charge in [-0.05, 0) is 44.4 Å². The number of carbonyl (C=O) groups excluding carboxylic acids is 2. The van der Waals surface area contributed by atoms with Gasteiger partial charge in [0.25, 0.3) is 7.82 Å². The summed E-state index contributed by atoms with van der Waals surface area (Å²) in [5, 5.41) is 77.3. The van der Waals surface area contributed by atoms with Gasteiger partial charge in [-0.3, -0.25) is 14.3 Å². The highest BCUT2D eigenvalue weighted by Crippen LogP contribution is 2.42. The Labute approximate surface area is 306 Å². The number of carboxylic acid groups (broad SMARTS) is 2. The Hall–Kier alpha value is -4.06. The second-order valence-electron chi connectivity index (χ2n) is 13.2. The molecule has 22 nitrogen and oxygen atoms in total. The lowest BCUT2D eigenvalue weighted by Gasteiger charge is -2.30. The van der Waals surface area contributed by atoms with Crippen LogP contribution in [0.2, 0.25) is 0 Å². The van der Waals surface area contributed by atoms with Crippen LogP contribution in [0.3, 0.4) is 0 Å². The van der Waals surface area contributed by atoms with Gasteiger partial charge in [0.05, 0.1) is 31.3 Å². The molecule has 9 N–H and O–H groups in total. The number of anilines is 3. The van der Waals surface area contributed by atoms with Crippen LogP contribution in [0.25, 0.3) is 0 Å². The third-order valence-electron chi connectivity index (χ3n) is 9.30. The van der Waals surface area contributed by atoms with E-state index < -0.39 is 94.8 Å². The van der Waals surface area contributed by atoms with Gasteiger partial charge in [-0.25, -0.2) is 9.48 Å². The van der Waals surface area contributed by atoms with Crippen molar-refractivity contribution in [1.82, 2.24) is 9.97 Å². The van der Waals surface area contributed by atoms with E-state index in [2.05, 4.69) is 24.3 Å². The number of fused-ring (bicyclic) bond motifs is 3. The van der Waals surface area contributed by atoms with E-state index in [0.717, 1.165) is 5.69 Å². The summed E-state index contributed by atoms with van der Waals surface area (Å²) >= 11 is 0. The molecule has 0 aliphatic carbocycles. The fraction of sp³-hybridized carbons (Fsp3) is 0.581. The molecule has 0 spiro atoms. The zero-order valence-corrected chi connectivity index (χ0v) is 29.8. The molecule has 1 saturated heterocycles. The third-order valence-corrected chi connectivity index (χ3v) is 10.3. The molecular weight excluding hydrogens is 743 g/mol. The molecule has 0 radical (unpaired) electrons. The maximum atomic E-state index is 12.8. The molecule has 4 heterocycles. The molecule has 3 aliphatic rings. The van der Waals surface area contributed by atoms with Crippen LogP contribution in [-0.2, 0) is 39.1 Å². The van der Waals surface area contributed by atoms with E-state index in [1.165, 1.54) is 0 Å². The second kappa shape index (κ2) is 16.8. The van der Waals surface area contributed by atoms with Crippen molar-refractivity contribution in [3.05, 3.63) is 40.2 Å². The van der Waals surface area contributed by atoms with E-state index >= 15 is 0 Å². The van der Waals surface area contributed by atoms with Crippen molar-refractivity contribution < 1.29 is 77.9 Å². The Balaban J connectivity index is 1.11. The van der Waals surface area contributed by atoms with Crippen LogP contribution < -0.4 is 36.6 Å². The molecule has 1 unspecified atom stereocenters. The number of aliphatic carboxylic acids is 2. The summed E-state index contributed by atoms with van der Waals surface area (Å²) in [6, 6.07) is 6.76. The van der Waals surface area contributed by atoms with Crippen molar-refractivity contribution in [2.45, 2.75) is 100 Å². The summed E-state index contributed by atoms with van der Waals surface area (Å²) in [5.41, 5.74) is 7.07. The van der Waals surface area contributed by atoms with Gasteiger partial charge in [0.2, 0.25) is 18.0 Å². The molecule has 2 aromatic rings. The van der Waals surface area contributed by atoms with Gasteiger partial charge in [-0.15, -0.1) is 0 Å². The van der Waals surface area contributed by atoms with Gasteiger partial charge < -0.3 is 79.8 Å². The quantitative estimate of drug-likeness (QED) is 0.0547. The first kappa shape index (κ1) is 41.1. The van der Waals surface area contributed by atoms with Crippen molar-refractivity contribution in [3.63, 3.8) is 0 Å². The first-order valence-electron chi connectivity index (χ1n) is 16.8. The van der Waals surface area contributed by atoms with Crippen LogP contribution in [0.5, 0.6) is 0 Å². The smallest absolute Gasteiger partial charge is 0.301 e. The first-order valence-corrected chi connectivity index (χ1v) is 18.2. The number of benzene rings is 1. The Morgan fingerprint density at radius 3 is 2.46 bits per heavy atom. The van der Waals surface area contributed by atoms with Crippen molar-refractivity contribution in [2.75, 3.05) is 29.2 Å².